The van der Waals surface area contributed by atoms with Crippen LogP contribution in [0, 0.1) is 0 Å². The van der Waals surface area contributed by atoms with Gasteiger partial charge in [0.25, 0.3) is 0 Å². The van der Waals surface area contributed by atoms with E-state index < -0.39 is 6.61 Å². The maximum atomic E-state index is 12.3. The highest BCUT2D eigenvalue weighted by Crippen LogP contribution is 2.26. The first kappa shape index (κ1) is 13.5. The van der Waals surface area contributed by atoms with Crippen molar-refractivity contribution in [1.29, 1.82) is 0 Å². The Morgan fingerprint density at radius 1 is 1.26 bits per heavy atom. The SMILES string of the molecule is CC(NCc1ccoc1)c1ccccc1OC(F)F. The van der Waals surface area contributed by atoms with Gasteiger partial charge in [-0.3, -0.25) is 0 Å². The lowest BCUT2D eigenvalue weighted by molar-refractivity contribution is -0.0506. The van der Waals surface area contributed by atoms with Crippen LogP contribution in [0.15, 0.2) is 47.3 Å². The van der Waals surface area contributed by atoms with Crippen molar-refractivity contribution < 1.29 is 17.9 Å². The molecular formula is C14H15F2NO2. The van der Waals surface area contributed by atoms with Crippen LogP contribution >= 0.6 is 0 Å². The molecule has 0 amide bonds. The predicted octanol–water partition coefficient (Wildman–Crippen LogP) is 3.73. The van der Waals surface area contributed by atoms with E-state index >= 15 is 0 Å². The molecule has 19 heavy (non-hydrogen) atoms. The van der Waals surface area contributed by atoms with Crippen LogP contribution in [0.2, 0.25) is 0 Å². The molecule has 3 nitrogen and oxygen atoms in total. The van der Waals surface area contributed by atoms with E-state index in [2.05, 4.69) is 10.1 Å². The number of para-hydroxylation sites is 1. The smallest absolute Gasteiger partial charge is 0.387 e. The van der Waals surface area contributed by atoms with E-state index in [0.717, 1.165) is 5.56 Å². The number of hydrogen-bond acceptors (Lipinski definition) is 3. The van der Waals surface area contributed by atoms with Crippen molar-refractivity contribution in [3.8, 4) is 5.75 Å². The maximum Gasteiger partial charge on any atom is 0.387 e. The lowest BCUT2D eigenvalue weighted by atomic mass is 10.1. The molecule has 0 saturated heterocycles. The van der Waals surface area contributed by atoms with Crippen molar-refractivity contribution in [2.24, 2.45) is 0 Å². The van der Waals surface area contributed by atoms with Crippen LogP contribution in [-0.2, 0) is 6.54 Å². The van der Waals surface area contributed by atoms with Gasteiger partial charge in [0.2, 0.25) is 0 Å². The van der Waals surface area contributed by atoms with Gasteiger partial charge in [0, 0.05) is 23.7 Å². The third-order valence-corrected chi connectivity index (χ3v) is 2.79. The average Bonchev–Trinajstić information content (AvgIpc) is 2.89. The van der Waals surface area contributed by atoms with E-state index in [1.165, 1.54) is 6.07 Å². The fourth-order valence-corrected chi connectivity index (χ4v) is 1.82. The molecule has 1 N–H and O–H groups in total. The number of hydrogen-bond donors (Lipinski definition) is 1. The minimum Gasteiger partial charge on any atom is -0.472 e. The summed E-state index contributed by atoms with van der Waals surface area (Å²) in [5, 5.41) is 3.23. The normalized spacial score (nSPS) is 12.6. The standard InChI is InChI=1S/C14H15F2NO2/c1-10(17-8-11-6-7-18-9-11)12-4-2-3-5-13(12)19-14(15)16/h2-7,9-10,14,17H,8H2,1H3. The Kier molecular flexibility index (Phi) is 4.52. The van der Waals surface area contributed by atoms with Crippen LogP contribution in [-0.4, -0.2) is 6.61 Å². The number of furan rings is 1. The molecule has 0 aliphatic rings. The highest BCUT2D eigenvalue weighted by atomic mass is 19.3. The Morgan fingerprint density at radius 3 is 2.74 bits per heavy atom. The van der Waals surface area contributed by atoms with Crippen LogP contribution in [0.3, 0.4) is 0 Å². The highest BCUT2D eigenvalue weighted by molar-refractivity contribution is 5.35. The topological polar surface area (TPSA) is 34.4 Å². The van der Waals surface area contributed by atoms with Gasteiger partial charge in [0.15, 0.2) is 0 Å². The molecule has 0 saturated carbocycles. The van der Waals surface area contributed by atoms with Crippen molar-refractivity contribution in [1.82, 2.24) is 5.32 Å². The molecule has 2 rings (SSSR count). The first-order chi connectivity index (χ1) is 9.16. The lowest BCUT2D eigenvalue weighted by Gasteiger charge is -2.17. The molecule has 102 valence electrons. The van der Waals surface area contributed by atoms with Gasteiger partial charge >= 0.3 is 6.61 Å². The van der Waals surface area contributed by atoms with E-state index in [-0.39, 0.29) is 11.8 Å². The molecule has 0 fully saturated rings. The highest BCUT2D eigenvalue weighted by Gasteiger charge is 2.14. The van der Waals surface area contributed by atoms with Crippen LogP contribution in [0.5, 0.6) is 5.75 Å². The molecule has 1 heterocycles. The second kappa shape index (κ2) is 6.33. The zero-order chi connectivity index (χ0) is 13.7. The van der Waals surface area contributed by atoms with Crippen LogP contribution < -0.4 is 10.1 Å². The van der Waals surface area contributed by atoms with Gasteiger partial charge in [0.1, 0.15) is 5.75 Å². The van der Waals surface area contributed by atoms with Crippen molar-refractivity contribution in [2.45, 2.75) is 26.1 Å². The Labute approximate surface area is 110 Å². The first-order valence-corrected chi connectivity index (χ1v) is 5.95. The summed E-state index contributed by atoms with van der Waals surface area (Å²) in [5.74, 6) is 0.199. The third-order valence-electron chi connectivity index (χ3n) is 2.79. The summed E-state index contributed by atoms with van der Waals surface area (Å²) in [5.41, 5.74) is 1.70. The number of alkyl halides is 2. The van der Waals surface area contributed by atoms with E-state index in [1.807, 2.05) is 13.0 Å². The average molecular weight is 267 g/mol. The number of rotatable bonds is 6. The van der Waals surface area contributed by atoms with Crippen LogP contribution in [0.4, 0.5) is 8.78 Å². The summed E-state index contributed by atoms with van der Waals surface area (Å²) in [7, 11) is 0. The minimum absolute atomic E-state index is 0.107. The summed E-state index contributed by atoms with van der Waals surface area (Å²) in [6.45, 7) is -0.323. The van der Waals surface area contributed by atoms with Crippen LogP contribution in [0.1, 0.15) is 24.1 Å². The molecule has 0 spiro atoms. The minimum atomic E-state index is -2.82. The molecular weight excluding hydrogens is 252 g/mol. The van der Waals surface area contributed by atoms with Crippen molar-refractivity contribution in [3.63, 3.8) is 0 Å². The molecule has 5 heteroatoms. The molecule has 0 bridgehead atoms. The van der Waals surface area contributed by atoms with Crippen molar-refractivity contribution in [2.75, 3.05) is 0 Å². The largest absolute Gasteiger partial charge is 0.472 e. The van der Waals surface area contributed by atoms with E-state index in [0.29, 0.717) is 12.1 Å². The van der Waals surface area contributed by atoms with E-state index in [4.69, 9.17) is 4.42 Å². The second-order valence-electron chi connectivity index (χ2n) is 4.15. The number of halogens is 2. The lowest BCUT2D eigenvalue weighted by Crippen LogP contribution is -2.19. The van der Waals surface area contributed by atoms with Crippen molar-refractivity contribution >= 4 is 0 Å². The number of ether oxygens (including phenoxy) is 1. The van der Waals surface area contributed by atoms with Gasteiger partial charge in [-0.05, 0) is 19.1 Å². The summed E-state index contributed by atoms with van der Waals surface area (Å²) in [6, 6.07) is 8.52. The quantitative estimate of drug-likeness (QED) is 0.866. The van der Waals surface area contributed by atoms with Crippen molar-refractivity contribution in [3.05, 3.63) is 54.0 Å². The van der Waals surface area contributed by atoms with E-state index in [1.54, 1.807) is 30.7 Å². The third kappa shape index (κ3) is 3.79. The molecule has 0 aliphatic heterocycles. The predicted molar refractivity (Wildman–Crippen MR) is 67.0 cm³/mol. The zero-order valence-corrected chi connectivity index (χ0v) is 10.5. The maximum absolute atomic E-state index is 12.3. The van der Waals surface area contributed by atoms with Gasteiger partial charge < -0.3 is 14.5 Å². The summed E-state index contributed by atoms with van der Waals surface area (Å²) < 4.78 is 34.1. The molecule has 1 aromatic carbocycles. The second-order valence-corrected chi connectivity index (χ2v) is 4.15. The van der Waals surface area contributed by atoms with Gasteiger partial charge in [-0.15, -0.1) is 0 Å². The Hall–Kier alpha value is -1.88. The Bertz CT molecular complexity index is 500. The number of nitrogens with one attached hydrogen (secondary N) is 1. The van der Waals surface area contributed by atoms with Gasteiger partial charge in [-0.2, -0.15) is 8.78 Å². The Balaban J connectivity index is 2.03. The van der Waals surface area contributed by atoms with Gasteiger partial charge in [-0.25, -0.2) is 0 Å². The molecule has 2 aromatic rings. The monoisotopic (exact) mass is 267 g/mol. The first-order valence-electron chi connectivity index (χ1n) is 5.95. The van der Waals surface area contributed by atoms with Gasteiger partial charge in [0.05, 0.1) is 12.5 Å². The molecule has 1 atom stereocenters. The molecule has 1 aromatic heterocycles. The van der Waals surface area contributed by atoms with Gasteiger partial charge in [-0.1, -0.05) is 18.2 Å². The zero-order valence-electron chi connectivity index (χ0n) is 10.5. The van der Waals surface area contributed by atoms with Crippen LogP contribution in [0.25, 0.3) is 0 Å². The summed E-state index contributed by atoms with van der Waals surface area (Å²) >= 11 is 0. The molecule has 0 aliphatic carbocycles. The van der Waals surface area contributed by atoms with E-state index in [9.17, 15) is 8.78 Å². The Morgan fingerprint density at radius 2 is 2.05 bits per heavy atom. The fourth-order valence-electron chi connectivity index (χ4n) is 1.82. The summed E-state index contributed by atoms with van der Waals surface area (Å²) in [4.78, 5) is 0. The fraction of sp³-hybridized carbons (Fsp3) is 0.286. The number of benzene rings is 1. The molecule has 1 unspecified atom stereocenters. The molecule has 0 radical (unpaired) electrons. The summed E-state index contributed by atoms with van der Waals surface area (Å²) in [6.07, 6.45) is 3.23.